The number of imidazole rings is 1. The van der Waals surface area contributed by atoms with Gasteiger partial charge in [-0.15, -0.1) is 0 Å². The molecule has 35 heavy (non-hydrogen) atoms. The number of aliphatic carboxylic acids is 1. The summed E-state index contributed by atoms with van der Waals surface area (Å²) in [5.41, 5.74) is 0.288. The summed E-state index contributed by atoms with van der Waals surface area (Å²) < 4.78 is 17.2. The van der Waals surface area contributed by atoms with Gasteiger partial charge >= 0.3 is 11.7 Å². The first-order valence-electron chi connectivity index (χ1n) is 11.1. The predicted octanol–water partition coefficient (Wildman–Crippen LogP) is 2.39. The minimum Gasteiger partial charge on any atom is -0.479 e. The molecule has 0 amide bonds. The highest BCUT2D eigenvalue weighted by Gasteiger charge is 2.21. The van der Waals surface area contributed by atoms with E-state index in [0.29, 0.717) is 30.5 Å². The van der Waals surface area contributed by atoms with Crippen molar-refractivity contribution in [1.82, 2.24) is 28.9 Å². The number of fused-ring (bicyclic) bond motifs is 1. The maximum absolute atomic E-state index is 13.4. The number of H-pyrrole nitrogens is 1. The van der Waals surface area contributed by atoms with Gasteiger partial charge in [0.15, 0.2) is 5.65 Å². The van der Waals surface area contributed by atoms with E-state index in [1.165, 1.54) is 39.7 Å². The third kappa shape index (κ3) is 4.63. The number of carboxylic acids is 1. The van der Waals surface area contributed by atoms with E-state index in [9.17, 15) is 23.9 Å². The van der Waals surface area contributed by atoms with Gasteiger partial charge in [0, 0.05) is 24.8 Å². The second-order valence-corrected chi connectivity index (χ2v) is 7.90. The molecule has 0 radical (unpaired) electrons. The van der Waals surface area contributed by atoms with Crippen molar-refractivity contribution >= 4 is 17.1 Å². The fraction of sp³-hybridized carbons (Fsp3) is 0.292. The van der Waals surface area contributed by atoms with E-state index in [4.69, 9.17) is 0 Å². The number of rotatable bonds is 7. The van der Waals surface area contributed by atoms with Crippen molar-refractivity contribution in [2.75, 3.05) is 0 Å². The quantitative estimate of drug-likeness (QED) is 0.393. The van der Waals surface area contributed by atoms with Gasteiger partial charge in [0.25, 0.3) is 5.56 Å². The number of aromatic amines is 1. The van der Waals surface area contributed by atoms with E-state index < -0.39 is 29.1 Å². The predicted molar refractivity (Wildman–Crippen MR) is 126 cm³/mol. The normalized spacial score (nSPS) is 11.9. The summed E-state index contributed by atoms with van der Waals surface area (Å²) in [6.07, 6.45) is 4.12. The lowest BCUT2D eigenvalue weighted by molar-refractivity contribution is -0.139. The van der Waals surface area contributed by atoms with Crippen LogP contribution in [-0.2, 0) is 17.9 Å². The zero-order valence-corrected chi connectivity index (χ0v) is 19.2. The lowest BCUT2D eigenvalue weighted by Gasteiger charge is -2.09. The Kier molecular flexibility index (Phi) is 6.64. The molecule has 1 aromatic carbocycles. The summed E-state index contributed by atoms with van der Waals surface area (Å²) in [6.45, 7) is 4.47. The Balaban J connectivity index is 1.76. The van der Waals surface area contributed by atoms with Crippen molar-refractivity contribution in [3.63, 3.8) is 0 Å². The summed E-state index contributed by atoms with van der Waals surface area (Å²) in [4.78, 5) is 45.0. The molecule has 0 saturated carbocycles. The third-order valence-corrected chi connectivity index (χ3v) is 5.31. The molecule has 180 valence electrons. The standard InChI is InChI=1S/C24H23FN6O4/c1-3-10-29-21-19(22(32)30(11-4-2)24(29)35)27-20(28-21)16-13-26-31(14-16)18(23(33)34)9-8-15-6-5-7-17(25)12-15/h5-7,12-14,18H,3-4,10-11H2,1-2H3,(H,27,28)(H,33,34). The van der Waals surface area contributed by atoms with Crippen LogP contribution in [0, 0.1) is 17.7 Å². The van der Waals surface area contributed by atoms with Gasteiger partial charge in [0.2, 0.25) is 6.04 Å². The van der Waals surface area contributed by atoms with Gasteiger partial charge in [-0.1, -0.05) is 31.8 Å². The SMILES string of the molecule is CCCn1c(=O)c2[nH]c(-c3cnn(C(C#Cc4cccc(F)c4)C(=O)O)c3)nc2n(CCC)c1=O. The molecular formula is C24H23FN6O4. The van der Waals surface area contributed by atoms with Gasteiger partial charge < -0.3 is 10.1 Å². The van der Waals surface area contributed by atoms with Crippen LogP contribution in [0.25, 0.3) is 22.6 Å². The molecule has 1 unspecified atom stereocenters. The molecule has 10 nitrogen and oxygen atoms in total. The number of nitrogens with zero attached hydrogens (tertiary/aromatic N) is 5. The molecule has 4 aromatic rings. The second-order valence-electron chi connectivity index (χ2n) is 7.90. The van der Waals surface area contributed by atoms with Gasteiger partial charge in [0.1, 0.15) is 17.2 Å². The lowest BCUT2D eigenvalue weighted by Crippen LogP contribution is -2.40. The average molecular weight is 478 g/mol. The van der Waals surface area contributed by atoms with Crippen LogP contribution in [-0.4, -0.2) is 40.0 Å². The van der Waals surface area contributed by atoms with Gasteiger partial charge in [-0.25, -0.2) is 23.6 Å². The monoisotopic (exact) mass is 478 g/mol. The molecule has 2 N–H and O–H groups in total. The van der Waals surface area contributed by atoms with Crippen LogP contribution in [0.15, 0.2) is 46.2 Å². The van der Waals surface area contributed by atoms with E-state index in [0.717, 1.165) is 4.68 Å². The number of hydrogen-bond donors (Lipinski definition) is 2. The first-order valence-corrected chi connectivity index (χ1v) is 11.1. The lowest BCUT2D eigenvalue weighted by atomic mass is 10.2. The summed E-state index contributed by atoms with van der Waals surface area (Å²) in [7, 11) is 0. The van der Waals surface area contributed by atoms with Gasteiger partial charge in [-0.3, -0.25) is 13.9 Å². The highest BCUT2D eigenvalue weighted by molar-refractivity contribution is 5.77. The summed E-state index contributed by atoms with van der Waals surface area (Å²) >= 11 is 0. The molecular weight excluding hydrogens is 455 g/mol. The second kappa shape index (κ2) is 9.80. The number of hydrogen-bond acceptors (Lipinski definition) is 5. The summed E-state index contributed by atoms with van der Waals surface area (Å²) in [6, 6.07) is 4.19. The fourth-order valence-electron chi connectivity index (χ4n) is 3.71. The maximum atomic E-state index is 13.4. The summed E-state index contributed by atoms with van der Waals surface area (Å²) in [5.74, 6) is 3.79. The smallest absolute Gasteiger partial charge is 0.341 e. The molecule has 0 aliphatic heterocycles. The molecule has 1 atom stereocenters. The Morgan fingerprint density at radius 1 is 1.20 bits per heavy atom. The van der Waals surface area contributed by atoms with Crippen molar-refractivity contribution in [3.05, 3.63) is 68.9 Å². The van der Waals surface area contributed by atoms with E-state index in [2.05, 4.69) is 26.9 Å². The minimum absolute atomic E-state index is 0.190. The number of aryl methyl sites for hydroxylation is 1. The van der Waals surface area contributed by atoms with Gasteiger partial charge in [0.05, 0.1) is 11.8 Å². The highest BCUT2D eigenvalue weighted by atomic mass is 19.1. The van der Waals surface area contributed by atoms with Crippen LogP contribution >= 0.6 is 0 Å². The maximum Gasteiger partial charge on any atom is 0.341 e. The van der Waals surface area contributed by atoms with E-state index in [1.54, 1.807) is 6.07 Å². The number of aromatic nitrogens is 6. The Morgan fingerprint density at radius 3 is 2.63 bits per heavy atom. The van der Waals surface area contributed by atoms with Crippen LogP contribution < -0.4 is 11.2 Å². The number of carbonyl (C=O) groups is 1. The van der Waals surface area contributed by atoms with Gasteiger partial charge in [-0.2, -0.15) is 5.10 Å². The van der Waals surface area contributed by atoms with E-state index >= 15 is 0 Å². The molecule has 0 fully saturated rings. The van der Waals surface area contributed by atoms with Crippen molar-refractivity contribution in [1.29, 1.82) is 0 Å². The van der Waals surface area contributed by atoms with Crippen LogP contribution in [0.4, 0.5) is 4.39 Å². The molecule has 3 aromatic heterocycles. The van der Waals surface area contributed by atoms with Crippen LogP contribution in [0.3, 0.4) is 0 Å². The molecule has 0 saturated heterocycles. The molecule has 11 heteroatoms. The molecule has 0 aliphatic rings. The Hall–Kier alpha value is -4.46. The highest BCUT2D eigenvalue weighted by Crippen LogP contribution is 2.20. The first-order chi connectivity index (χ1) is 16.8. The summed E-state index contributed by atoms with van der Waals surface area (Å²) in [5, 5.41) is 13.8. The average Bonchev–Trinajstić information content (AvgIpc) is 3.47. The zero-order chi connectivity index (χ0) is 25.1. The molecule has 0 spiro atoms. The van der Waals surface area contributed by atoms with Crippen molar-refractivity contribution < 1.29 is 14.3 Å². The van der Waals surface area contributed by atoms with Crippen LogP contribution in [0.5, 0.6) is 0 Å². The third-order valence-electron chi connectivity index (χ3n) is 5.31. The number of halogens is 1. The first kappa shape index (κ1) is 23.7. The minimum atomic E-state index is -1.34. The Labute approximate surface area is 198 Å². The molecule has 3 heterocycles. The van der Waals surface area contributed by atoms with Crippen LogP contribution in [0.1, 0.15) is 38.3 Å². The van der Waals surface area contributed by atoms with Crippen molar-refractivity contribution in [3.8, 4) is 23.2 Å². The largest absolute Gasteiger partial charge is 0.479 e. The number of benzene rings is 1. The molecule has 0 aliphatic carbocycles. The Bertz CT molecular complexity index is 1580. The van der Waals surface area contributed by atoms with Gasteiger partial charge in [-0.05, 0) is 31.0 Å². The Morgan fingerprint density at radius 2 is 1.94 bits per heavy atom. The fourth-order valence-corrected chi connectivity index (χ4v) is 3.71. The molecule has 4 rings (SSSR count). The molecule has 0 bridgehead atoms. The van der Waals surface area contributed by atoms with Crippen molar-refractivity contribution in [2.45, 2.75) is 45.8 Å². The zero-order valence-electron chi connectivity index (χ0n) is 19.2. The van der Waals surface area contributed by atoms with Crippen molar-refractivity contribution in [2.24, 2.45) is 0 Å². The topological polar surface area (TPSA) is 128 Å². The van der Waals surface area contributed by atoms with E-state index in [1.807, 2.05) is 13.8 Å². The number of nitrogens with one attached hydrogen (secondary N) is 1. The van der Waals surface area contributed by atoms with E-state index in [-0.39, 0.29) is 23.5 Å². The van der Waals surface area contributed by atoms with Crippen LogP contribution in [0.2, 0.25) is 0 Å². The number of carboxylic acid groups (broad SMARTS) is 1.